The summed E-state index contributed by atoms with van der Waals surface area (Å²) in [6.07, 6.45) is 11.9. The number of hydrogen-bond acceptors (Lipinski definition) is 1. The molecule has 0 radical (unpaired) electrons. The van der Waals surface area contributed by atoms with Gasteiger partial charge in [-0.15, -0.1) is 0 Å². The molecule has 0 fully saturated rings. The van der Waals surface area contributed by atoms with Gasteiger partial charge in [-0.05, 0) is 23.8 Å². The summed E-state index contributed by atoms with van der Waals surface area (Å²) in [5.74, 6) is 0. The van der Waals surface area contributed by atoms with Gasteiger partial charge in [-0.25, -0.2) is 0 Å². The zero-order chi connectivity index (χ0) is 11.1. The van der Waals surface area contributed by atoms with Crippen molar-refractivity contribution in [3.8, 4) is 0 Å². The summed E-state index contributed by atoms with van der Waals surface area (Å²) in [5.41, 5.74) is 1.68. The van der Waals surface area contributed by atoms with Crippen LogP contribution in [0.2, 0.25) is 0 Å². The molecule has 0 amide bonds. The maximum atomic E-state index is 4.06. The van der Waals surface area contributed by atoms with Crippen LogP contribution in [0.25, 0.3) is 0 Å². The van der Waals surface area contributed by atoms with Crippen LogP contribution in [-0.2, 0) is 5.41 Å². The average Bonchev–Trinajstić information content (AvgIpc) is 2.78. The molecule has 0 aliphatic carbocycles. The fraction of sp³-hybridized carbons (Fsp3) is 0.769. The molecule has 0 spiro atoms. The van der Waals surface area contributed by atoms with E-state index < -0.39 is 0 Å². The van der Waals surface area contributed by atoms with Gasteiger partial charge in [-0.1, -0.05) is 46.5 Å². The molecule has 1 aromatic rings. The molecular formula is C13H24N2. The summed E-state index contributed by atoms with van der Waals surface area (Å²) in [5, 5.41) is 6.98. The highest BCUT2D eigenvalue weighted by Gasteiger charge is 2.24. The molecule has 1 rings (SSSR count). The molecule has 2 nitrogen and oxygen atoms in total. The number of nitrogens with one attached hydrogen (secondary N) is 1. The van der Waals surface area contributed by atoms with Gasteiger partial charge in [0.25, 0.3) is 0 Å². The van der Waals surface area contributed by atoms with Crippen molar-refractivity contribution in [3.05, 3.63) is 18.0 Å². The first kappa shape index (κ1) is 12.3. The van der Waals surface area contributed by atoms with Crippen LogP contribution in [0.3, 0.4) is 0 Å². The lowest BCUT2D eigenvalue weighted by molar-refractivity contribution is 0.396. The Bertz CT molecular complexity index is 254. The van der Waals surface area contributed by atoms with Crippen molar-refractivity contribution >= 4 is 0 Å². The summed E-state index contributed by atoms with van der Waals surface area (Å²) >= 11 is 0. The van der Waals surface area contributed by atoms with Gasteiger partial charge in [0, 0.05) is 6.20 Å². The van der Waals surface area contributed by atoms with Crippen LogP contribution in [0.15, 0.2) is 12.4 Å². The fourth-order valence-corrected chi connectivity index (χ4v) is 2.05. The zero-order valence-corrected chi connectivity index (χ0v) is 10.3. The Hall–Kier alpha value is -0.790. The van der Waals surface area contributed by atoms with Crippen LogP contribution in [0, 0.1) is 0 Å². The van der Waals surface area contributed by atoms with Crippen molar-refractivity contribution in [2.75, 3.05) is 0 Å². The molecule has 1 unspecified atom stereocenters. The van der Waals surface area contributed by atoms with E-state index in [-0.39, 0.29) is 0 Å². The maximum absolute atomic E-state index is 4.06. The van der Waals surface area contributed by atoms with Crippen LogP contribution in [0.5, 0.6) is 0 Å². The number of rotatable bonds is 7. The molecule has 0 aliphatic rings. The Balaban J connectivity index is 2.46. The van der Waals surface area contributed by atoms with Gasteiger partial charge >= 0.3 is 0 Å². The van der Waals surface area contributed by atoms with Gasteiger partial charge in [0.2, 0.25) is 0 Å². The summed E-state index contributed by atoms with van der Waals surface area (Å²) < 4.78 is 0. The zero-order valence-electron chi connectivity index (χ0n) is 10.3. The Morgan fingerprint density at radius 2 is 2.07 bits per heavy atom. The summed E-state index contributed by atoms with van der Waals surface area (Å²) in [4.78, 5) is 0. The first-order valence-electron chi connectivity index (χ1n) is 6.22. The van der Waals surface area contributed by atoms with Crippen LogP contribution in [0.4, 0.5) is 0 Å². The Morgan fingerprint density at radius 1 is 1.27 bits per heavy atom. The van der Waals surface area contributed by atoms with Crippen molar-refractivity contribution < 1.29 is 0 Å². The molecule has 86 valence electrons. The van der Waals surface area contributed by atoms with Crippen molar-refractivity contribution in [3.63, 3.8) is 0 Å². The molecule has 1 aromatic heterocycles. The van der Waals surface area contributed by atoms with E-state index in [9.17, 15) is 0 Å². The first-order chi connectivity index (χ1) is 7.23. The van der Waals surface area contributed by atoms with E-state index in [0.29, 0.717) is 5.41 Å². The maximum Gasteiger partial charge on any atom is 0.0524 e. The molecule has 0 aromatic carbocycles. The van der Waals surface area contributed by atoms with Crippen LogP contribution in [0.1, 0.15) is 64.9 Å². The predicted octanol–water partition coefficient (Wildman–Crippen LogP) is 4.05. The van der Waals surface area contributed by atoms with Gasteiger partial charge in [0.15, 0.2) is 0 Å². The third-order valence-corrected chi connectivity index (χ3v) is 3.56. The van der Waals surface area contributed by atoms with Crippen molar-refractivity contribution in [1.82, 2.24) is 10.2 Å². The standard InChI is InChI=1S/C13H24N2/c1-4-6-7-8-9-13(3,5-2)12-10-14-15-11-12/h10-11H,4-9H2,1-3H3,(H,14,15). The summed E-state index contributed by atoms with van der Waals surface area (Å²) in [7, 11) is 0. The molecule has 0 saturated carbocycles. The summed E-state index contributed by atoms with van der Waals surface area (Å²) in [6.45, 7) is 6.88. The van der Waals surface area contributed by atoms with Crippen LogP contribution in [-0.4, -0.2) is 10.2 Å². The largest absolute Gasteiger partial charge is 0.285 e. The second-order valence-corrected chi connectivity index (χ2v) is 4.71. The number of unbranched alkanes of at least 4 members (excludes halogenated alkanes) is 3. The fourth-order valence-electron chi connectivity index (χ4n) is 2.05. The first-order valence-corrected chi connectivity index (χ1v) is 6.22. The predicted molar refractivity (Wildman–Crippen MR) is 65.0 cm³/mol. The van der Waals surface area contributed by atoms with Gasteiger partial charge < -0.3 is 0 Å². The van der Waals surface area contributed by atoms with Crippen molar-refractivity contribution in [1.29, 1.82) is 0 Å². The van der Waals surface area contributed by atoms with Gasteiger partial charge in [-0.2, -0.15) is 5.10 Å². The number of hydrogen-bond donors (Lipinski definition) is 1. The highest BCUT2D eigenvalue weighted by Crippen LogP contribution is 2.32. The number of aromatic nitrogens is 2. The quantitative estimate of drug-likeness (QED) is 0.673. The SMILES string of the molecule is CCCCCCC(C)(CC)c1cn[nH]c1. The molecule has 0 saturated heterocycles. The van der Waals surface area contributed by atoms with Gasteiger partial charge in [0.1, 0.15) is 0 Å². The third kappa shape index (κ3) is 3.37. The topological polar surface area (TPSA) is 28.7 Å². The van der Waals surface area contributed by atoms with Crippen molar-refractivity contribution in [2.24, 2.45) is 0 Å². The number of aromatic amines is 1. The lowest BCUT2D eigenvalue weighted by Gasteiger charge is -2.27. The monoisotopic (exact) mass is 208 g/mol. The third-order valence-electron chi connectivity index (χ3n) is 3.56. The molecule has 1 heterocycles. The highest BCUT2D eigenvalue weighted by atomic mass is 15.1. The summed E-state index contributed by atoms with van der Waals surface area (Å²) in [6, 6.07) is 0. The molecular weight excluding hydrogens is 184 g/mol. The molecule has 15 heavy (non-hydrogen) atoms. The van der Waals surface area contributed by atoms with Crippen molar-refractivity contribution in [2.45, 2.75) is 64.7 Å². The highest BCUT2D eigenvalue weighted by molar-refractivity contribution is 5.16. The second-order valence-electron chi connectivity index (χ2n) is 4.71. The van der Waals surface area contributed by atoms with E-state index in [1.165, 1.54) is 44.1 Å². The van der Waals surface area contributed by atoms with E-state index in [0.717, 1.165) is 0 Å². The molecule has 1 atom stereocenters. The second kappa shape index (κ2) is 5.94. The number of nitrogens with zero attached hydrogens (tertiary/aromatic N) is 1. The normalized spacial score (nSPS) is 15.1. The van der Waals surface area contributed by atoms with E-state index >= 15 is 0 Å². The molecule has 0 bridgehead atoms. The Morgan fingerprint density at radius 3 is 2.60 bits per heavy atom. The molecule has 2 heteroatoms. The molecule has 1 N–H and O–H groups in total. The lowest BCUT2D eigenvalue weighted by Crippen LogP contribution is -2.20. The van der Waals surface area contributed by atoms with Crippen LogP contribution >= 0.6 is 0 Å². The van der Waals surface area contributed by atoms with Gasteiger partial charge in [0.05, 0.1) is 6.20 Å². The number of H-pyrrole nitrogens is 1. The average molecular weight is 208 g/mol. The Labute approximate surface area is 93.5 Å². The van der Waals surface area contributed by atoms with E-state index in [1.54, 1.807) is 0 Å². The van der Waals surface area contributed by atoms with Gasteiger partial charge in [-0.3, -0.25) is 5.10 Å². The van der Waals surface area contributed by atoms with Crippen LogP contribution < -0.4 is 0 Å². The van der Waals surface area contributed by atoms with E-state index in [2.05, 4.69) is 31.0 Å². The Kier molecular flexibility index (Phi) is 4.86. The lowest BCUT2D eigenvalue weighted by atomic mass is 9.77. The minimum Gasteiger partial charge on any atom is -0.285 e. The minimum atomic E-state index is 0.320. The molecule has 0 aliphatic heterocycles. The van der Waals surface area contributed by atoms with E-state index in [1.807, 2.05) is 12.4 Å². The minimum absolute atomic E-state index is 0.320. The smallest absolute Gasteiger partial charge is 0.0524 e. The van der Waals surface area contributed by atoms with E-state index in [4.69, 9.17) is 0 Å².